The zero-order valence-corrected chi connectivity index (χ0v) is 11.6. The summed E-state index contributed by atoms with van der Waals surface area (Å²) in [6.07, 6.45) is 0. The first kappa shape index (κ1) is 13.9. The summed E-state index contributed by atoms with van der Waals surface area (Å²) >= 11 is 0. The average molecular weight is 270 g/mol. The molecule has 0 spiro atoms. The van der Waals surface area contributed by atoms with E-state index in [0.717, 1.165) is 17.1 Å². The van der Waals surface area contributed by atoms with Crippen LogP contribution in [0.25, 0.3) is 0 Å². The molecule has 0 saturated carbocycles. The lowest BCUT2D eigenvalue weighted by molar-refractivity contribution is 0.416. The molecule has 2 aromatic carbocycles. The van der Waals surface area contributed by atoms with Crippen LogP contribution in [0.15, 0.2) is 59.6 Å². The lowest BCUT2D eigenvalue weighted by Gasteiger charge is -2.22. The Morgan fingerprint density at radius 1 is 1.10 bits per heavy atom. The predicted molar refractivity (Wildman–Crippen MR) is 82.3 cm³/mol. The summed E-state index contributed by atoms with van der Waals surface area (Å²) in [6.45, 7) is 0. The molecule has 0 fully saturated rings. The normalized spacial score (nSPS) is 11.1. The van der Waals surface area contributed by atoms with Gasteiger partial charge in [-0.25, -0.2) is 10.8 Å². The van der Waals surface area contributed by atoms with Crippen LogP contribution < -0.4 is 20.9 Å². The topological polar surface area (TPSA) is 62.9 Å². The quantitative estimate of drug-likeness (QED) is 0.389. The van der Waals surface area contributed by atoms with E-state index >= 15 is 0 Å². The number of aliphatic imine (C=N–C) groups is 1. The van der Waals surface area contributed by atoms with E-state index in [1.54, 1.807) is 7.11 Å². The third-order valence-electron chi connectivity index (χ3n) is 2.88. The SMILES string of the molecule is COc1ccccc1N(C)C(=Nc1ccccc1)NN. The minimum absolute atomic E-state index is 0.528. The van der Waals surface area contributed by atoms with E-state index in [-0.39, 0.29) is 0 Å². The molecule has 5 nitrogen and oxygen atoms in total. The van der Waals surface area contributed by atoms with Gasteiger partial charge >= 0.3 is 0 Å². The Balaban J connectivity index is 2.34. The average Bonchev–Trinajstić information content (AvgIpc) is 2.53. The van der Waals surface area contributed by atoms with Gasteiger partial charge in [-0.2, -0.15) is 0 Å². The van der Waals surface area contributed by atoms with E-state index in [1.807, 2.05) is 66.5 Å². The lowest BCUT2D eigenvalue weighted by Crippen LogP contribution is -2.42. The Bertz CT molecular complexity index is 583. The molecular weight excluding hydrogens is 252 g/mol. The van der Waals surface area contributed by atoms with Crippen LogP contribution in [0.2, 0.25) is 0 Å². The van der Waals surface area contributed by atoms with Crippen LogP contribution in [0.4, 0.5) is 11.4 Å². The molecular formula is C15H18N4O. The molecule has 0 aromatic heterocycles. The van der Waals surface area contributed by atoms with Gasteiger partial charge in [0.05, 0.1) is 18.5 Å². The van der Waals surface area contributed by atoms with Crippen molar-refractivity contribution >= 4 is 17.3 Å². The molecule has 2 rings (SSSR count). The highest BCUT2D eigenvalue weighted by Crippen LogP contribution is 2.27. The van der Waals surface area contributed by atoms with E-state index in [0.29, 0.717) is 5.96 Å². The molecule has 0 bridgehead atoms. The van der Waals surface area contributed by atoms with Crippen LogP contribution in [0.3, 0.4) is 0 Å². The van der Waals surface area contributed by atoms with E-state index in [2.05, 4.69) is 10.4 Å². The number of nitrogens with zero attached hydrogens (tertiary/aromatic N) is 2. The molecule has 5 heteroatoms. The van der Waals surface area contributed by atoms with Gasteiger partial charge in [-0.15, -0.1) is 0 Å². The second-order valence-electron chi connectivity index (χ2n) is 4.15. The number of methoxy groups -OCH3 is 1. The first-order chi connectivity index (χ1) is 9.76. The maximum Gasteiger partial charge on any atom is 0.218 e. The fraction of sp³-hybridized carbons (Fsp3) is 0.133. The largest absolute Gasteiger partial charge is 0.495 e. The molecule has 2 aromatic rings. The summed E-state index contributed by atoms with van der Waals surface area (Å²) in [4.78, 5) is 6.32. The van der Waals surface area contributed by atoms with Crippen LogP contribution in [-0.4, -0.2) is 20.1 Å². The summed E-state index contributed by atoms with van der Waals surface area (Å²) in [5.41, 5.74) is 4.32. The Morgan fingerprint density at radius 2 is 1.75 bits per heavy atom. The number of hydrogen-bond acceptors (Lipinski definition) is 3. The number of anilines is 1. The minimum atomic E-state index is 0.528. The van der Waals surface area contributed by atoms with Crippen LogP contribution >= 0.6 is 0 Å². The van der Waals surface area contributed by atoms with Gasteiger partial charge in [0.2, 0.25) is 5.96 Å². The first-order valence-corrected chi connectivity index (χ1v) is 6.23. The fourth-order valence-corrected chi connectivity index (χ4v) is 1.85. The fourth-order valence-electron chi connectivity index (χ4n) is 1.85. The molecule has 0 atom stereocenters. The third kappa shape index (κ3) is 3.07. The highest BCUT2D eigenvalue weighted by molar-refractivity contribution is 5.97. The molecule has 3 N–H and O–H groups in total. The van der Waals surface area contributed by atoms with Crippen molar-refractivity contribution in [3.63, 3.8) is 0 Å². The molecule has 0 amide bonds. The van der Waals surface area contributed by atoms with Crippen LogP contribution in [0.5, 0.6) is 5.75 Å². The van der Waals surface area contributed by atoms with Crippen molar-refractivity contribution in [3.8, 4) is 5.75 Å². The molecule has 0 heterocycles. The van der Waals surface area contributed by atoms with E-state index in [1.165, 1.54) is 0 Å². The van der Waals surface area contributed by atoms with Gasteiger partial charge in [0.1, 0.15) is 5.75 Å². The third-order valence-corrected chi connectivity index (χ3v) is 2.88. The van der Waals surface area contributed by atoms with Crippen molar-refractivity contribution in [1.29, 1.82) is 0 Å². The minimum Gasteiger partial charge on any atom is -0.495 e. The van der Waals surface area contributed by atoms with E-state index < -0.39 is 0 Å². The number of ether oxygens (including phenoxy) is 1. The van der Waals surface area contributed by atoms with Crippen LogP contribution in [0.1, 0.15) is 0 Å². The molecule has 0 unspecified atom stereocenters. The smallest absolute Gasteiger partial charge is 0.218 e. The van der Waals surface area contributed by atoms with Gasteiger partial charge in [0.15, 0.2) is 0 Å². The monoisotopic (exact) mass is 270 g/mol. The Hall–Kier alpha value is -2.53. The Kier molecular flexibility index (Phi) is 4.57. The van der Waals surface area contributed by atoms with Crippen molar-refractivity contribution in [1.82, 2.24) is 5.43 Å². The van der Waals surface area contributed by atoms with Gasteiger partial charge in [0.25, 0.3) is 0 Å². The first-order valence-electron chi connectivity index (χ1n) is 6.23. The highest BCUT2D eigenvalue weighted by Gasteiger charge is 2.12. The molecule has 0 saturated heterocycles. The van der Waals surface area contributed by atoms with Gasteiger partial charge in [-0.05, 0) is 24.3 Å². The molecule has 0 radical (unpaired) electrons. The zero-order valence-electron chi connectivity index (χ0n) is 11.6. The summed E-state index contributed by atoms with van der Waals surface area (Å²) in [5, 5.41) is 0. The van der Waals surface area contributed by atoms with Crippen molar-refractivity contribution in [2.75, 3.05) is 19.1 Å². The van der Waals surface area contributed by atoms with Gasteiger partial charge in [-0.1, -0.05) is 30.3 Å². The second kappa shape index (κ2) is 6.58. The van der Waals surface area contributed by atoms with Crippen molar-refractivity contribution in [3.05, 3.63) is 54.6 Å². The maximum atomic E-state index is 5.59. The van der Waals surface area contributed by atoms with E-state index in [9.17, 15) is 0 Å². The summed E-state index contributed by atoms with van der Waals surface area (Å²) in [6, 6.07) is 17.3. The van der Waals surface area contributed by atoms with Gasteiger partial charge < -0.3 is 9.64 Å². The number of para-hydroxylation sites is 3. The molecule has 0 aliphatic carbocycles. The molecule has 0 aliphatic rings. The molecule has 20 heavy (non-hydrogen) atoms. The van der Waals surface area contributed by atoms with E-state index in [4.69, 9.17) is 10.6 Å². The summed E-state index contributed by atoms with van der Waals surface area (Å²) in [7, 11) is 3.51. The number of nitrogens with one attached hydrogen (secondary N) is 1. The number of hydrazine groups is 1. The summed E-state index contributed by atoms with van der Waals surface area (Å²) in [5.74, 6) is 6.87. The Morgan fingerprint density at radius 3 is 2.40 bits per heavy atom. The Labute approximate surface area is 118 Å². The predicted octanol–water partition coefficient (Wildman–Crippen LogP) is 2.28. The number of benzene rings is 2. The second-order valence-corrected chi connectivity index (χ2v) is 4.15. The number of guanidine groups is 1. The standard InChI is InChI=1S/C15H18N4O/c1-19(13-10-6-7-11-14(13)20-2)15(18-16)17-12-8-4-3-5-9-12/h3-11H,16H2,1-2H3,(H,17,18). The molecule has 104 valence electrons. The van der Waals surface area contributed by atoms with Gasteiger partial charge in [0, 0.05) is 7.05 Å². The van der Waals surface area contributed by atoms with Crippen molar-refractivity contribution in [2.24, 2.45) is 10.8 Å². The van der Waals surface area contributed by atoms with Crippen molar-refractivity contribution < 1.29 is 4.74 Å². The van der Waals surface area contributed by atoms with Crippen molar-refractivity contribution in [2.45, 2.75) is 0 Å². The van der Waals surface area contributed by atoms with Crippen LogP contribution in [-0.2, 0) is 0 Å². The molecule has 0 aliphatic heterocycles. The number of hydrogen-bond donors (Lipinski definition) is 2. The zero-order chi connectivity index (χ0) is 14.4. The summed E-state index contributed by atoms with van der Waals surface area (Å²) < 4.78 is 5.35. The highest BCUT2D eigenvalue weighted by atomic mass is 16.5. The van der Waals surface area contributed by atoms with Gasteiger partial charge in [-0.3, -0.25) is 5.43 Å². The number of nitrogens with two attached hydrogens (primary N) is 1. The number of rotatable bonds is 3. The maximum absolute atomic E-state index is 5.59. The van der Waals surface area contributed by atoms with Crippen LogP contribution in [0, 0.1) is 0 Å². The lowest BCUT2D eigenvalue weighted by atomic mass is 10.3.